The van der Waals surface area contributed by atoms with Crippen molar-refractivity contribution in [1.29, 1.82) is 0 Å². The van der Waals surface area contributed by atoms with Gasteiger partial charge in [-0.25, -0.2) is 0 Å². The van der Waals surface area contributed by atoms with Gasteiger partial charge in [-0.05, 0) is 30.9 Å². The lowest BCUT2D eigenvalue weighted by Crippen LogP contribution is -2.29. The second-order valence-electron chi connectivity index (χ2n) is 5.89. The molecule has 1 saturated heterocycles. The topological polar surface area (TPSA) is 70.8 Å². The van der Waals surface area contributed by atoms with Crippen molar-refractivity contribution in [3.63, 3.8) is 0 Å². The third-order valence-corrected chi connectivity index (χ3v) is 5.42. The van der Waals surface area contributed by atoms with E-state index in [2.05, 4.69) is 6.92 Å². The summed E-state index contributed by atoms with van der Waals surface area (Å²) in [5, 5.41) is 8.67. The molecule has 1 N–H and O–H groups in total. The van der Waals surface area contributed by atoms with E-state index in [0.29, 0.717) is 39.8 Å². The third-order valence-electron chi connectivity index (χ3n) is 4.04. The van der Waals surface area contributed by atoms with Gasteiger partial charge < -0.3 is 9.52 Å². The number of amides is 1. The Morgan fingerprint density at radius 1 is 1.57 bits per heavy atom. The molecule has 2 heterocycles. The zero-order chi connectivity index (χ0) is 16.6. The highest BCUT2D eigenvalue weighted by Crippen LogP contribution is 2.47. The summed E-state index contributed by atoms with van der Waals surface area (Å²) < 4.78 is 6.26. The molecule has 1 amide bonds. The summed E-state index contributed by atoms with van der Waals surface area (Å²) in [6.07, 6.45) is 3.28. The largest absolute Gasteiger partial charge is 0.481 e. The molecule has 1 aromatic rings. The molecule has 5 nitrogen and oxygen atoms in total. The first-order chi connectivity index (χ1) is 11.0. The van der Waals surface area contributed by atoms with Crippen LogP contribution in [0.1, 0.15) is 43.6 Å². The minimum absolute atomic E-state index is 0.0250. The zero-order valence-corrected chi connectivity index (χ0v) is 14.3. The molecule has 0 spiro atoms. The Hall–Kier alpha value is -1.60. The van der Waals surface area contributed by atoms with Crippen molar-refractivity contribution in [3.8, 4) is 0 Å². The normalized spacial score (nSPS) is 25.4. The van der Waals surface area contributed by atoms with Crippen LogP contribution in [0.25, 0.3) is 6.08 Å². The minimum Gasteiger partial charge on any atom is -0.481 e. The van der Waals surface area contributed by atoms with Gasteiger partial charge in [0.2, 0.25) is 0 Å². The Bertz CT molecular complexity index is 694. The molecule has 1 aliphatic carbocycles. The molecule has 0 bridgehead atoms. The zero-order valence-electron chi connectivity index (χ0n) is 12.7. The lowest BCUT2D eigenvalue weighted by Gasteiger charge is -2.13. The van der Waals surface area contributed by atoms with E-state index in [-0.39, 0.29) is 12.3 Å². The van der Waals surface area contributed by atoms with Gasteiger partial charge in [0.15, 0.2) is 0 Å². The SMILES string of the molecule is C[C@H]1C[C@@H]1c1ccc(/C=C2\SC(=S)N(CCCC(=O)O)C2=O)o1. The van der Waals surface area contributed by atoms with Gasteiger partial charge in [-0.2, -0.15) is 0 Å². The monoisotopic (exact) mass is 351 g/mol. The van der Waals surface area contributed by atoms with E-state index in [1.54, 1.807) is 6.08 Å². The molecule has 1 aliphatic heterocycles. The summed E-state index contributed by atoms with van der Waals surface area (Å²) in [5.74, 6) is 1.75. The Morgan fingerprint density at radius 3 is 2.96 bits per heavy atom. The number of carboxylic acid groups (broad SMARTS) is 1. The van der Waals surface area contributed by atoms with Crippen molar-refractivity contribution >= 4 is 46.3 Å². The Labute approximate surface area is 143 Å². The molecule has 122 valence electrons. The average Bonchev–Trinajstić information content (AvgIpc) is 2.93. The lowest BCUT2D eigenvalue weighted by atomic mass is 10.3. The van der Waals surface area contributed by atoms with Crippen LogP contribution in [-0.2, 0) is 9.59 Å². The smallest absolute Gasteiger partial charge is 0.303 e. The number of rotatable bonds is 6. The maximum Gasteiger partial charge on any atom is 0.303 e. The average molecular weight is 351 g/mol. The van der Waals surface area contributed by atoms with Crippen LogP contribution < -0.4 is 0 Å². The van der Waals surface area contributed by atoms with Gasteiger partial charge in [-0.3, -0.25) is 14.5 Å². The van der Waals surface area contributed by atoms with Crippen LogP contribution in [0.3, 0.4) is 0 Å². The van der Waals surface area contributed by atoms with Gasteiger partial charge in [0.1, 0.15) is 15.8 Å². The molecule has 2 fully saturated rings. The van der Waals surface area contributed by atoms with E-state index >= 15 is 0 Å². The maximum absolute atomic E-state index is 12.4. The summed E-state index contributed by atoms with van der Waals surface area (Å²) in [6, 6.07) is 3.84. The molecule has 2 atom stereocenters. The summed E-state index contributed by atoms with van der Waals surface area (Å²) in [6.45, 7) is 2.52. The van der Waals surface area contributed by atoms with Crippen LogP contribution in [-0.4, -0.2) is 32.7 Å². The molecular weight excluding hydrogens is 334 g/mol. The van der Waals surface area contributed by atoms with Gasteiger partial charge in [0, 0.05) is 25.0 Å². The molecule has 3 rings (SSSR count). The number of aliphatic carboxylic acids is 1. The Balaban J connectivity index is 1.66. The molecule has 23 heavy (non-hydrogen) atoms. The van der Waals surface area contributed by atoms with Crippen molar-refractivity contribution < 1.29 is 19.1 Å². The summed E-state index contributed by atoms with van der Waals surface area (Å²) in [4.78, 5) is 24.9. The summed E-state index contributed by atoms with van der Waals surface area (Å²) in [5.41, 5.74) is 0. The maximum atomic E-state index is 12.4. The molecular formula is C16H17NO4S2. The van der Waals surface area contributed by atoms with Crippen molar-refractivity contribution in [2.24, 2.45) is 5.92 Å². The second kappa shape index (κ2) is 6.49. The lowest BCUT2D eigenvalue weighted by molar-refractivity contribution is -0.137. The van der Waals surface area contributed by atoms with E-state index in [4.69, 9.17) is 21.7 Å². The summed E-state index contributed by atoms with van der Waals surface area (Å²) in [7, 11) is 0. The van der Waals surface area contributed by atoms with E-state index in [9.17, 15) is 9.59 Å². The molecule has 1 aromatic heterocycles. The van der Waals surface area contributed by atoms with Crippen LogP contribution >= 0.6 is 24.0 Å². The third kappa shape index (κ3) is 3.67. The minimum atomic E-state index is -0.872. The standard InChI is InChI=1S/C16H17NO4S2/c1-9-7-11(9)12-5-4-10(21-12)8-13-15(20)17(16(22)23-13)6-2-3-14(18)19/h4-5,8-9,11H,2-3,6-7H2,1H3,(H,18,19)/b13-8-/t9-,11-/m0/s1. The van der Waals surface area contributed by atoms with Gasteiger partial charge >= 0.3 is 5.97 Å². The van der Waals surface area contributed by atoms with Crippen molar-refractivity contribution in [1.82, 2.24) is 4.90 Å². The highest BCUT2D eigenvalue weighted by Gasteiger charge is 2.37. The molecule has 0 aromatic carbocycles. The number of thiocarbonyl (C=S) groups is 1. The van der Waals surface area contributed by atoms with Crippen LogP contribution in [0.5, 0.6) is 0 Å². The first-order valence-electron chi connectivity index (χ1n) is 7.52. The molecule has 7 heteroatoms. The van der Waals surface area contributed by atoms with E-state index in [1.165, 1.54) is 16.7 Å². The molecule has 0 radical (unpaired) electrons. The number of thioether (sulfide) groups is 1. The van der Waals surface area contributed by atoms with Crippen LogP contribution in [0.2, 0.25) is 0 Å². The summed E-state index contributed by atoms with van der Waals surface area (Å²) >= 11 is 6.44. The number of carbonyl (C=O) groups excluding carboxylic acids is 1. The van der Waals surface area contributed by atoms with E-state index in [0.717, 1.165) is 12.2 Å². The molecule has 0 unspecified atom stereocenters. The van der Waals surface area contributed by atoms with E-state index < -0.39 is 5.97 Å². The fraction of sp³-hybridized carbons (Fsp3) is 0.438. The van der Waals surface area contributed by atoms with Gasteiger partial charge in [0.05, 0.1) is 4.91 Å². The van der Waals surface area contributed by atoms with Crippen molar-refractivity contribution in [3.05, 3.63) is 28.6 Å². The molecule has 2 aliphatic rings. The predicted octanol–water partition coefficient (Wildman–Crippen LogP) is 3.47. The number of furan rings is 1. The van der Waals surface area contributed by atoms with Gasteiger partial charge in [-0.1, -0.05) is 30.9 Å². The van der Waals surface area contributed by atoms with Crippen molar-refractivity contribution in [2.75, 3.05) is 6.54 Å². The number of hydrogen-bond donors (Lipinski definition) is 1. The quantitative estimate of drug-likeness (QED) is 0.625. The first kappa shape index (κ1) is 16.3. The number of carbonyl (C=O) groups is 2. The highest BCUT2D eigenvalue weighted by atomic mass is 32.2. The van der Waals surface area contributed by atoms with Gasteiger partial charge in [0.25, 0.3) is 5.91 Å². The van der Waals surface area contributed by atoms with Crippen LogP contribution in [0.15, 0.2) is 21.5 Å². The Kier molecular flexibility index (Phi) is 4.59. The van der Waals surface area contributed by atoms with Gasteiger partial charge in [-0.15, -0.1) is 0 Å². The number of carboxylic acids is 1. The predicted molar refractivity (Wildman–Crippen MR) is 92.0 cm³/mol. The van der Waals surface area contributed by atoms with Crippen molar-refractivity contribution in [2.45, 2.75) is 32.1 Å². The Morgan fingerprint density at radius 2 is 2.30 bits per heavy atom. The second-order valence-corrected chi connectivity index (χ2v) is 7.57. The number of hydrogen-bond acceptors (Lipinski definition) is 5. The highest BCUT2D eigenvalue weighted by molar-refractivity contribution is 8.26. The van der Waals surface area contributed by atoms with Crippen LogP contribution in [0, 0.1) is 5.92 Å². The van der Waals surface area contributed by atoms with E-state index in [1.807, 2.05) is 12.1 Å². The number of nitrogens with zero attached hydrogens (tertiary/aromatic N) is 1. The fourth-order valence-corrected chi connectivity index (χ4v) is 3.86. The van der Waals surface area contributed by atoms with Crippen LogP contribution in [0.4, 0.5) is 0 Å². The first-order valence-corrected chi connectivity index (χ1v) is 8.75. The fourth-order valence-electron chi connectivity index (χ4n) is 2.57. The molecule has 1 saturated carbocycles.